The second-order valence-corrected chi connectivity index (χ2v) is 10.2. The SMILES string of the molecule is CSC1=CN2SC3=C(CCCCC3)N2C(=O)C1C(=O)N(CC(=O)O)Cc1ccc(Cl)cc1. The summed E-state index contributed by atoms with van der Waals surface area (Å²) in [5, 5.41) is 11.6. The van der Waals surface area contributed by atoms with Crippen molar-refractivity contribution in [2.45, 2.75) is 38.6 Å². The average molecular weight is 494 g/mol. The van der Waals surface area contributed by atoms with Crippen molar-refractivity contribution in [3.05, 3.63) is 56.6 Å². The number of hydrogen-bond donors (Lipinski definition) is 1. The summed E-state index contributed by atoms with van der Waals surface area (Å²) in [6.45, 7) is -0.403. The van der Waals surface area contributed by atoms with Gasteiger partial charge < -0.3 is 10.0 Å². The molecule has 170 valence electrons. The number of aliphatic carboxylic acids is 1. The number of carboxylic acid groups (broad SMARTS) is 1. The van der Waals surface area contributed by atoms with Crippen molar-refractivity contribution in [1.82, 2.24) is 14.3 Å². The van der Waals surface area contributed by atoms with Crippen LogP contribution in [0, 0.1) is 5.92 Å². The van der Waals surface area contributed by atoms with E-state index in [1.807, 2.05) is 16.9 Å². The number of fused-ring (bicyclic) bond motifs is 2. The van der Waals surface area contributed by atoms with Gasteiger partial charge in [0, 0.05) is 39.5 Å². The highest BCUT2D eigenvalue weighted by Gasteiger charge is 2.46. The summed E-state index contributed by atoms with van der Waals surface area (Å²) in [7, 11) is 0. The molecule has 3 aliphatic rings. The molecular formula is C22H24ClN3O4S2. The van der Waals surface area contributed by atoms with E-state index in [4.69, 9.17) is 11.6 Å². The Hall–Kier alpha value is -2.10. The highest BCUT2D eigenvalue weighted by molar-refractivity contribution is 8.02. The number of hydrazine groups is 1. The number of allylic oxidation sites excluding steroid dienone is 2. The van der Waals surface area contributed by atoms with Gasteiger partial charge in [-0.05, 0) is 49.6 Å². The monoisotopic (exact) mass is 493 g/mol. The van der Waals surface area contributed by atoms with Gasteiger partial charge in [-0.2, -0.15) is 0 Å². The number of halogens is 1. The van der Waals surface area contributed by atoms with Gasteiger partial charge in [-0.1, -0.05) is 30.2 Å². The van der Waals surface area contributed by atoms with Crippen LogP contribution in [-0.4, -0.2) is 50.0 Å². The smallest absolute Gasteiger partial charge is 0.323 e. The van der Waals surface area contributed by atoms with E-state index in [0.29, 0.717) is 9.93 Å². The van der Waals surface area contributed by atoms with Crippen molar-refractivity contribution in [1.29, 1.82) is 0 Å². The molecule has 7 nitrogen and oxygen atoms in total. The lowest BCUT2D eigenvalue weighted by molar-refractivity contribution is -0.153. The summed E-state index contributed by atoms with van der Waals surface area (Å²) >= 11 is 8.84. The Balaban J connectivity index is 1.64. The first-order chi connectivity index (χ1) is 15.4. The number of nitrogens with zero attached hydrogens (tertiary/aromatic N) is 3. The van der Waals surface area contributed by atoms with Crippen LogP contribution in [0.15, 0.2) is 46.0 Å². The quantitative estimate of drug-likeness (QED) is 0.462. The maximum absolute atomic E-state index is 13.6. The maximum Gasteiger partial charge on any atom is 0.323 e. The Bertz CT molecular complexity index is 995. The molecule has 0 saturated carbocycles. The number of carboxylic acids is 1. The van der Waals surface area contributed by atoms with E-state index in [2.05, 4.69) is 0 Å². The number of carbonyl (C=O) groups excluding carboxylic acids is 2. The van der Waals surface area contributed by atoms with Gasteiger partial charge in [0.15, 0.2) is 5.92 Å². The van der Waals surface area contributed by atoms with Gasteiger partial charge in [0.25, 0.3) is 5.91 Å². The number of thioether (sulfide) groups is 1. The average Bonchev–Trinajstić information content (AvgIpc) is 2.95. The summed E-state index contributed by atoms with van der Waals surface area (Å²) in [4.78, 5) is 41.8. The van der Waals surface area contributed by atoms with Crippen LogP contribution < -0.4 is 0 Å². The summed E-state index contributed by atoms with van der Waals surface area (Å²) in [6.07, 6.45) is 8.63. The normalized spacial score (nSPS) is 20.5. The van der Waals surface area contributed by atoms with Gasteiger partial charge in [0.2, 0.25) is 5.91 Å². The Morgan fingerprint density at radius 3 is 2.62 bits per heavy atom. The Morgan fingerprint density at radius 1 is 1.22 bits per heavy atom. The molecule has 0 aromatic heterocycles. The van der Waals surface area contributed by atoms with Gasteiger partial charge in [0.1, 0.15) is 6.54 Å². The van der Waals surface area contributed by atoms with Crippen LogP contribution in [0.25, 0.3) is 0 Å². The maximum atomic E-state index is 13.6. The third-order valence-corrected chi connectivity index (χ3v) is 7.86. The van der Waals surface area contributed by atoms with E-state index in [1.54, 1.807) is 41.2 Å². The van der Waals surface area contributed by atoms with E-state index in [9.17, 15) is 19.5 Å². The largest absolute Gasteiger partial charge is 0.480 e. The lowest BCUT2D eigenvalue weighted by Gasteiger charge is -2.37. The topological polar surface area (TPSA) is 81.2 Å². The lowest BCUT2D eigenvalue weighted by atomic mass is 10.0. The predicted molar refractivity (Wildman–Crippen MR) is 126 cm³/mol. The van der Waals surface area contributed by atoms with Gasteiger partial charge in [-0.25, -0.2) is 9.42 Å². The Kier molecular flexibility index (Phi) is 7.07. The fourth-order valence-electron chi connectivity index (χ4n) is 4.14. The van der Waals surface area contributed by atoms with E-state index >= 15 is 0 Å². The third kappa shape index (κ3) is 4.65. The van der Waals surface area contributed by atoms with Crippen LogP contribution in [0.1, 0.15) is 37.7 Å². The molecule has 1 N–H and O–H groups in total. The first-order valence-corrected chi connectivity index (χ1v) is 12.8. The van der Waals surface area contributed by atoms with E-state index in [-0.39, 0.29) is 12.5 Å². The van der Waals surface area contributed by atoms with Crippen LogP contribution in [0.4, 0.5) is 0 Å². The molecule has 0 fully saturated rings. The molecule has 1 aromatic carbocycles. The number of hydrogen-bond acceptors (Lipinski definition) is 6. The zero-order valence-electron chi connectivity index (χ0n) is 17.6. The first kappa shape index (κ1) is 23.1. The van der Waals surface area contributed by atoms with Gasteiger partial charge in [-0.3, -0.25) is 14.4 Å². The highest BCUT2D eigenvalue weighted by Crippen LogP contribution is 2.48. The van der Waals surface area contributed by atoms with E-state index < -0.39 is 24.3 Å². The molecule has 1 atom stereocenters. The van der Waals surface area contributed by atoms with Crippen molar-refractivity contribution in [3.8, 4) is 0 Å². The fraction of sp³-hybridized carbons (Fsp3) is 0.409. The molecule has 0 radical (unpaired) electrons. The van der Waals surface area contributed by atoms with Gasteiger partial charge in [-0.15, -0.1) is 11.8 Å². The molecule has 10 heteroatoms. The first-order valence-electron chi connectivity index (χ1n) is 10.4. The molecule has 0 bridgehead atoms. The molecule has 2 aliphatic heterocycles. The van der Waals surface area contributed by atoms with Crippen LogP contribution >= 0.6 is 35.3 Å². The van der Waals surface area contributed by atoms with E-state index in [0.717, 1.165) is 43.4 Å². The standard InChI is InChI=1S/C22H24ClN3O4S2/c1-31-18-12-25-26(16-5-3-2-4-6-17(16)32-25)22(30)20(18)21(29)24(13-19(27)28)11-14-7-9-15(23)10-8-14/h7-10,12,20H,2-6,11,13H2,1H3,(H,27,28). The minimum Gasteiger partial charge on any atom is -0.480 e. The van der Waals surface area contributed by atoms with Gasteiger partial charge >= 0.3 is 5.97 Å². The minimum absolute atomic E-state index is 0.0835. The Morgan fingerprint density at radius 2 is 1.94 bits per heavy atom. The predicted octanol–water partition coefficient (Wildman–Crippen LogP) is 4.47. The summed E-state index contributed by atoms with van der Waals surface area (Å²) in [6, 6.07) is 6.89. The molecule has 0 spiro atoms. The van der Waals surface area contributed by atoms with E-state index in [1.165, 1.54) is 21.6 Å². The minimum atomic E-state index is -1.13. The zero-order chi connectivity index (χ0) is 22.8. The molecule has 32 heavy (non-hydrogen) atoms. The van der Waals surface area contributed by atoms with Crippen LogP contribution in [-0.2, 0) is 20.9 Å². The molecule has 1 aromatic rings. The molecule has 0 saturated heterocycles. The molecule has 2 heterocycles. The number of benzene rings is 1. The number of amides is 2. The molecule has 1 aliphatic carbocycles. The van der Waals surface area contributed by atoms with Crippen LogP contribution in [0.5, 0.6) is 0 Å². The Labute approximate surface area is 200 Å². The fourth-order valence-corrected chi connectivity index (χ4v) is 6.16. The van der Waals surface area contributed by atoms with Crippen molar-refractivity contribution in [3.63, 3.8) is 0 Å². The molecule has 1 unspecified atom stereocenters. The third-order valence-electron chi connectivity index (χ3n) is 5.68. The lowest BCUT2D eigenvalue weighted by Crippen LogP contribution is -2.51. The van der Waals surface area contributed by atoms with Crippen molar-refractivity contribution >= 4 is 53.1 Å². The zero-order valence-corrected chi connectivity index (χ0v) is 20.0. The second kappa shape index (κ2) is 9.80. The summed E-state index contributed by atoms with van der Waals surface area (Å²) in [5.74, 6) is -2.99. The molecule has 4 rings (SSSR count). The summed E-state index contributed by atoms with van der Waals surface area (Å²) < 4.78 is 1.83. The van der Waals surface area contributed by atoms with Crippen LogP contribution in [0.2, 0.25) is 5.02 Å². The number of carbonyl (C=O) groups is 3. The van der Waals surface area contributed by atoms with Crippen molar-refractivity contribution in [2.24, 2.45) is 5.92 Å². The second-order valence-electron chi connectivity index (χ2n) is 7.86. The van der Waals surface area contributed by atoms with Gasteiger partial charge in [0.05, 0.1) is 5.70 Å². The van der Waals surface area contributed by atoms with Crippen molar-refractivity contribution < 1.29 is 19.5 Å². The number of rotatable bonds is 6. The van der Waals surface area contributed by atoms with Crippen molar-refractivity contribution in [2.75, 3.05) is 12.8 Å². The van der Waals surface area contributed by atoms with Crippen LogP contribution in [0.3, 0.4) is 0 Å². The highest BCUT2D eigenvalue weighted by atomic mass is 35.5. The molecular weight excluding hydrogens is 470 g/mol. The summed E-state index contributed by atoms with van der Waals surface area (Å²) in [5.41, 5.74) is 1.73. The molecule has 2 amide bonds.